The topological polar surface area (TPSA) is 73.4 Å². The van der Waals surface area contributed by atoms with Crippen LogP contribution >= 0.6 is 11.6 Å². The van der Waals surface area contributed by atoms with Crippen LogP contribution in [0.5, 0.6) is 0 Å². The Morgan fingerprint density at radius 3 is 3.00 bits per heavy atom. The van der Waals surface area contributed by atoms with Crippen LogP contribution in [-0.4, -0.2) is 42.1 Å². The van der Waals surface area contributed by atoms with E-state index in [9.17, 15) is 4.79 Å². The number of nitrogens with two attached hydrogens (primary N) is 1. The Morgan fingerprint density at radius 2 is 2.35 bits per heavy atom. The number of halogens is 1. The summed E-state index contributed by atoms with van der Waals surface area (Å²) >= 11 is 6.22. The molecule has 6 nitrogen and oxygen atoms in total. The standard InChI is InChI=1S/C13H21ClN4O2/c1-9(2)7-18-13(19)12(14)11(6-16-18)17-3-4-20-10(5-15)8-17/h6,9-10H,3-5,7-8,15H2,1-2H3. The minimum atomic E-state index is -0.242. The van der Waals surface area contributed by atoms with E-state index in [-0.39, 0.29) is 16.7 Å². The van der Waals surface area contributed by atoms with E-state index in [4.69, 9.17) is 22.1 Å². The lowest BCUT2D eigenvalue weighted by atomic mass is 10.2. The average molecular weight is 301 g/mol. The minimum Gasteiger partial charge on any atom is -0.373 e. The number of aromatic nitrogens is 2. The molecule has 0 aliphatic carbocycles. The van der Waals surface area contributed by atoms with E-state index in [2.05, 4.69) is 5.10 Å². The molecule has 0 radical (unpaired) electrons. The summed E-state index contributed by atoms with van der Waals surface area (Å²) < 4.78 is 6.93. The lowest BCUT2D eigenvalue weighted by Gasteiger charge is -2.34. The third-order valence-electron chi connectivity index (χ3n) is 3.25. The molecule has 0 amide bonds. The molecule has 2 rings (SSSR count). The maximum Gasteiger partial charge on any atom is 0.287 e. The minimum absolute atomic E-state index is 0.0297. The van der Waals surface area contributed by atoms with Crippen LogP contribution in [0.2, 0.25) is 5.02 Å². The van der Waals surface area contributed by atoms with Gasteiger partial charge in [-0.1, -0.05) is 25.4 Å². The van der Waals surface area contributed by atoms with Crippen molar-refractivity contribution in [1.82, 2.24) is 9.78 Å². The summed E-state index contributed by atoms with van der Waals surface area (Å²) in [6.45, 7) is 6.97. The van der Waals surface area contributed by atoms with Crippen LogP contribution < -0.4 is 16.2 Å². The van der Waals surface area contributed by atoms with Gasteiger partial charge in [0.1, 0.15) is 5.02 Å². The lowest BCUT2D eigenvalue weighted by molar-refractivity contribution is 0.0465. The van der Waals surface area contributed by atoms with Crippen molar-refractivity contribution in [3.8, 4) is 0 Å². The van der Waals surface area contributed by atoms with Crippen LogP contribution in [0, 0.1) is 5.92 Å². The van der Waals surface area contributed by atoms with Crippen LogP contribution in [0.3, 0.4) is 0 Å². The average Bonchev–Trinajstić information content (AvgIpc) is 2.44. The van der Waals surface area contributed by atoms with Gasteiger partial charge in [0.25, 0.3) is 5.56 Å². The first-order valence-corrected chi connectivity index (χ1v) is 7.23. The molecule has 1 aliphatic rings. The van der Waals surface area contributed by atoms with Gasteiger partial charge in [-0.15, -0.1) is 0 Å². The van der Waals surface area contributed by atoms with E-state index in [1.165, 1.54) is 4.68 Å². The van der Waals surface area contributed by atoms with E-state index >= 15 is 0 Å². The lowest BCUT2D eigenvalue weighted by Crippen LogP contribution is -2.46. The highest BCUT2D eigenvalue weighted by Gasteiger charge is 2.23. The van der Waals surface area contributed by atoms with Crippen molar-refractivity contribution in [2.75, 3.05) is 31.1 Å². The number of anilines is 1. The molecule has 112 valence electrons. The number of hydrogen-bond acceptors (Lipinski definition) is 5. The summed E-state index contributed by atoms with van der Waals surface area (Å²) in [4.78, 5) is 14.2. The molecule has 0 bridgehead atoms. The predicted octanol–water partition coefficient (Wildman–Crippen LogP) is 0.717. The summed E-state index contributed by atoms with van der Waals surface area (Å²) in [5, 5.41) is 4.43. The fraction of sp³-hybridized carbons (Fsp3) is 0.692. The predicted molar refractivity (Wildman–Crippen MR) is 79.4 cm³/mol. The van der Waals surface area contributed by atoms with Gasteiger partial charge in [0.05, 0.1) is 24.6 Å². The van der Waals surface area contributed by atoms with Gasteiger partial charge in [-0.3, -0.25) is 4.79 Å². The van der Waals surface area contributed by atoms with Crippen molar-refractivity contribution in [2.24, 2.45) is 11.7 Å². The van der Waals surface area contributed by atoms with E-state index in [1.807, 2.05) is 18.7 Å². The third kappa shape index (κ3) is 3.31. The van der Waals surface area contributed by atoms with Crippen molar-refractivity contribution in [1.29, 1.82) is 0 Å². The number of nitrogens with zero attached hydrogens (tertiary/aromatic N) is 3. The van der Waals surface area contributed by atoms with Gasteiger partial charge < -0.3 is 15.4 Å². The van der Waals surface area contributed by atoms with Gasteiger partial charge in [0.2, 0.25) is 0 Å². The Balaban J connectivity index is 2.25. The molecule has 1 fully saturated rings. The molecule has 1 aromatic heterocycles. The molecule has 2 N–H and O–H groups in total. The second-order valence-corrected chi connectivity index (χ2v) is 5.78. The monoisotopic (exact) mass is 300 g/mol. The van der Waals surface area contributed by atoms with Crippen LogP contribution in [0.1, 0.15) is 13.8 Å². The molecular formula is C13H21ClN4O2. The quantitative estimate of drug-likeness (QED) is 0.887. The second kappa shape index (κ2) is 6.56. The second-order valence-electron chi connectivity index (χ2n) is 5.40. The van der Waals surface area contributed by atoms with Crippen LogP contribution in [-0.2, 0) is 11.3 Å². The molecular weight excluding hydrogens is 280 g/mol. The molecule has 0 spiro atoms. The molecule has 1 atom stereocenters. The van der Waals surface area contributed by atoms with E-state index in [0.717, 1.165) is 0 Å². The summed E-state index contributed by atoms with van der Waals surface area (Å²) in [6, 6.07) is 0. The Morgan fingerprint density at radius 1 is 1.60 bits per heavy atom. The zero-order chi connectivity index (χ0) is 14.7. The van der Waals surface area contributed by atoms with Crippen LogP contribution in [0.25, 0.3) is 0 Å². The Labute approximate surface area is 123 Å². The number of rotatable bonds is 4. The van der Waals surface area contributed by atoms with Crippen molar-refractivity contribution < 1.29 is 4.74 Å². The van der Waals surface area contributed by atoms with Gasteiger partial charge in [0, 0.05) is 26.2 Å². The van der Waals surface area contributed by atoms with Crippen LogP contribution in [0.4, 0.5) is 5.69 Å². The highest BCUT2D eigenvalue weighted by Crippen LogP contribution is 2.23. The highest BCUT2D eigenvalue weighted by atomic mass is 35.5. The zero-order valence-corrected chi connectivity index (χ0v) is 12.6. The highest BCUT2D eigenvalue weighted by molar-refractivity contribution is 6.33. The molecule has 1 unspecified atom stereocenters. The summed E-state index contributed by atoms with van der Waals surface area (Å²) in [7, 11) is 0. The Kier molecular flexibility index (Phi) is 5.01. The first kappa shape index (κ1) is 15.3. The summed E-state index contributed by atoms with van der Waals surface area (Å²) in [6.07, 6.45) is 1.63. The van der Waals surface area contributed by atoms with E-state index in [1.54, 1.807) is 6.20 Å². The zero-order valence-electron chi connectivity index (χ0n) is 11.9. The summed E-state index contributed by atoms with van der Waals surface area (Å²) in [5.41, 5.74) is 6.05. The number of morpholine rings is 1. The van der Waals surface area contributed by atoms with Gasteiger partial charge in [-0.2, -0.15) is 5.10 Å². The third-order valence-corrected chi connectivity index (χ3v) is 3.60. The molecule has 20 heavy (non-hydrogen) atoms. The van der Waals surface area contributed by atoms with Gasteiger partial charge in [-0.25, -0.2) is 4.68 Å². The first-order valence-electron chi connectivity index (χ1n) is 6.85. The SMILES string of the molecule is CC(C)Cn1ncc(N2CCOC(CN)C2)c(Cl)c1=O. The molecule has 1 saturated heterocycles. The molecule has 2 heterocycles. The van der Waals surface area contributed by atoms with Crippen molar-refractivity contribution >= 4 is 17.3 Å². The summed E-state index contributed by atoms with van der Waals surface area (Å²) in [5.74, 6) is 0.340. The molecule has 1 aliphatic heterocycles. The smallest absolute Gasteiger partial charge is 0.287 e. The van der Waals surface area contributed by atoms with Gasteiger partial charge in [-0.05, 0) is 5.92 Å². The van der Waals surface area contributed by atoms with Crippen molar-refractivity contribution in [2.45, 2.75) is 26.5 Å². The van der Waals surface area contributed by atoms with Gasteiger partial charge in [0.15, 0.2) is 0 Å². The fourth-order valence-corrected chi connectivity index (χ4v) is 2.50. The first-order chi connectivity index (χ1) is 9.52. The maximum absolute atomic E-state index is 12.2. The van der Waals surface area contributed by atoms with E-state index in [0.29, 0.717) is 44.4 Å². The number of hydrogen-bond donors (Lipinski definition) is 1. The molecule has 1 aromatic rings. The van der Waals surface area contributed by atoms with E-state index < -0.39 is 0 Å². The maximum atomic E-state index is 12.2. The fourth-order valence-electron chi connectivity index (χ4n) is 2.23. The largest absolute Gasteiger partial charge is 0.373 e. The van der Waals surface area contributed by atoms with Crippen molar-refractivity contribution in [3.05, 3.63) is 21.6 Å². The Bertz CT molecular complexity index is 518. The Hall–Kier alpha value is -1.11. The molecule has 0 saturated carbocycles. The number of ether oxygens (including phenoxy) is 1. The molecule has 7 heteroatoms. The van der Waals surface area contributed by atoms with Gasteiger partial charge >= 0.3 is 0 Å². The van der Waals surface area contributed by atoms with Crippen LogP contribution in [0.15, 0.2) is 11.0 Å². The normalized spacial score (nSPS) is 19.6. The molecule has 0 aromatic carbocycles. The van der Waals surface area contributed by atoms with Crippen molar-refractivity contribution in [3.63, 3.8) is 0 Å².